The lowest BCUT2D eigenvalue weighted by Crippen LogP contribution is -2.74. The second-order valence-corrected chi connectivity index (χ2v) is 15.6. The number of rotatable bonds is 8. The molecule has 290 valence electrons. The SMILES string of the molecule is Cc1ccc([S+](c2ccc(C)cc2)c2cccc(C(F)(F)C(F)(F)F)c2)cc1.Fc1ccc([B-](c2ccc(F)cc2)(c2ccc(F)cc2)c2ccc(F)cc2)cc1. The molecule has 11 heteroatoms. The van der Waals surface area contributed by atoms with E-state index in [0.29, 0.717) is 4.90 Å². The third kappa shape index (κ3) is 8.84. The zero-order valence-corrected chi connectivity index (χ0v) is 31.4. The van der Waals surface area contributed by atoms with Crippen molar-refractivity contribution in [3.8, 4) is 0 Å². The van der Waals surface area contributed by atoms with E-state index in [4.69, 9.17) is 0 Å². The minimum Gasteiger partial charge on any atom is -0.207 e. The monoisotopic (exact) mass is 800 g/mol. The van der Waals surface area contributed by atoms with Gasteiger partial charge in [0.25, 0.3) is 0 Å². The number of benzene rings is 7. The molecule has 0 aliphatic heterocycles. The largest absolute Gasteiger partial charge is 0.458 e. The van der Waals surface area contributed by atoms with E-state index < -0.39 is 58.0 Å². The third-order valence-corrected chi connectivity index (χ3v) is 12.0. The Morgan fingerprint density at radius 2 is 0.702 bits per heavy atom. The van der Waals surface area contributed by atoms with Crippen molar-refractivity contribution in [3.63, 3.8) is 0 Å². The van der Waals surface area contributed by atoms with E-state index in [1.165, 1.54) is 54.6 Å². The molecule has 0 aliphatic carbocycles. The van der Waals surface area contributed by atoms with Crippen molar-refractivity contribution in [2.45, 2.75) is 40.6 Å². The van der Waals surface area contributed by atoms with E-state index in [9.17, 15) is 39.5 Å². The summed E-state index contributed by atoms with van der Waals surface area (Å²) in [5, 5.41) is 0. The summed E-state index contributed by atoms with van der Waals surface area (Å²) >= 11 is 0. The maximum Gasteiger partial charge on any atom is 0.458 e. The average Bonchev–Trinajstić information content (AvgIpc) is 3.19. The van der Waals surface area contributed by atoms with Gasteiger partial charge in [-0.05, 0) is 92.7 Å². The number of halogens is 9. The molecular formula is C46H34BF9S. The van der Waals surface area contributed by atoms with Gasteiger partial charge in [0.15, 0.2) is 14.7 Å². The van der Waals surface area contributed by atoms with Gasteiger partial charge in [0.2, 0.25) is 0 Å². The molecule has 0 fully saturated rings. The van der Waals surface area contributed by atoms with E-state index in [0.717, 1.165) is 54.9 Å². The molecule has 0 amide bonds. The van der Waals surface area contributed by atoms with Crippen LogP contribution < -0.4 is 21.9 Å². The van der Waals surface area contributed by atoms with Crippen LogP contribution in [0.4, 0.5) is 39.5 Å². The number of hydrogen-bond donors (Lipinski definition) is 0. The molecule has 0 aliphatic rings. The molecular weight excluding hydrogens is 766 g/mol. The molecule has 0 heterocycles. The van der Waals surface area contributed by atoms with Crippen LogP contribution in [0.15, 0.2) is 185 Å². The Balaban J connectivity index is 0.000000193. The van der Waals surface area contributed by atoms with Gasteiger partial charge in [-0.3, -0.25) is 0 Å². The number of aryl methyl sites for hydroxylation is 2. The normalized spacial score (nSPS) is 11.9. The van der Waals surface area contributed by atoms with Gasteiger partial charge < -0.3 is 0 Å². The molecule has 7 aromatic rings. The summed E-state index contributed by atoms with van der Waals surface area (Å²) in [6.07, 6.45) is -7.58. The van der Waals surface area contributed by atoms with Gasteiger partial charge in [-0.25, -0.2) is 17.6 Å². The van der Waals surface area contributed by atoms with Gasteiger partial charge in [0.05, 0.1) is 10.9 Å². The Morgan fingerprint density at radius 3 is 1.00 bits per heavy atom. The first-order valence-electron chi connectivity index (χ1n) is 17.7. The van der Waals surface area contributed by atoms with Crippen molar-refractivity contribution in [2.24, 2.45) is 0 Å². The summed E-state index contributed by atoms with van der Waals surface area (Å²) in [6.45, 7) is 3.86. The standard InChI is InChI=1S/C24H16BF4.C22H18F5S/c26-21-9-1-17(2-10-21)25(18-3-11-22(27)12-4-18,19-5-13-23(28)14-6-19)20-7-15-24(29)16-8-20;1-15-6-10-18(11-7-15)28(19-12-8-16(2)9-13-19)20-5-3-4-17(14-20)21(23,24)22(25,26)27/h1-16H;3-14H,1-2H3/q-1;+1. The topological polar surface area (TPSA) is 0 Å². The number of hydrogen-bond acceptors (Lipinski definition) is 0. The minimum absolute atomic E-state index is 0.393. The lowest BCUT2D eigenvalue weighted by atomic mass is 9.13. The van der Waals surface area contributed by atoms with Crippen LogP contribution >= 0.6 is 0 Å². The molecule has 0 spiro atoms. The van der Waals surface area contributed by atoms with Crippen LogP contribution in [-0.4, -0.2) is 12.3 Å². The van der Waals surface area contributed by atoms with Crippen molar-refractivity contribution in [1.82, 2.24) is 0 Å². The first-order valence-corrected chi connectivity index (χ1v) is 18.9. The summed E-state index contributed by atoms with van der Waals surface area (Å²) in [5.74, 6) is -6.48. The average molecular weight is 801 g/mol. The van der Waals surface area contributed by atoms with Crippen LogP contribution in [0.1, 0.15) is 16.7 Å². The van der Waals surface area contributed by atoms with E-state index in [1.807, 2.05) is 62.4 Å². The maximum absolute atomic E-state index is 13.9. The van der Waals surface area contributed by atoms with Crippen molar-refractivity contribution in [1.29, 1.82) is 0 Å². The number of alkyl halides is 5. The molecule has 0 aromatic heterocycles. The van der Waals surface area contributed by atoms with Crippen molar-refractivity contribution >= 4 is 38.9 Å². The van der Waals surface area contributed by atoms with Gasteiger partial charge >= 0.3 is 12.1 Å². The molecule has 0 unspecified atom stereocenters. The van der Waals surface area contributed by atoms with Crippen molar-refractivity contribution in [2.75, 3.05) is 0 Å². The molecule has 0 N–H and O–H groups in total. The fraction of sp³-hybridized carbons (Fsp3) is 0.0870. The van der Waals surface area contributed by atoms with Gasteiger partial charge in [-0.1, -0.05) is 96.1 Å². The molecule has 0 saturated heterocycles. The Bertz CT molecular complexity index is 2160. The van der Waals surface area contributed by atoms with Gasteiger partial charge in [-0.15, -0.1) is 0 Å². The zero-order chi connectivity index (χ0) is 41.0. The quantitative estimate of drug-likeness (QED) is 0.0816. The van der Waals surface area contributed by atoms with Crippen LogP contribution in [0.5, 0.6) is 0 Å². The summed E-state index contributed by atoms with van der Waals surface area (Å²) in [6, 6.07) is 43.8. The highest BCUT2D eigenvalue weighted by atomic mass is 32.2. The fourth-order valence-electron chi connectivity index (χ4n) is 6.90. The van der Waals surface area contributed by atoms with Crippen LogP contribution in [0.2, 0.25) is 0 Å². The molecule has 57 heavy (non-hydrogen) atoms. The summed E-state index contributed by atoms with van der Waals surface area (Å²) in [5.41, 5.74) is 4.01. The summed E-state index contributed by atoms with van der Waals surface area (Å²) < 4.78 is 121. The Morgan fingerprint density at radius 1 is 0.386 bits per heavy atom. The van der Waals surface area contributed by atoms with Gasteiger partial charge in [-0.2, -0.15) is 43.8 Å². The van der Waals surface area contributed by atoms with E-state index >= 15 is 0 Å². The Kier molecular flexibility index (Phi) is 12.1. The fourth-order valence-corrected chi connectivity index (χ4v) is 8.99. The lowest BCUT2D eigenvalue weighted by molar-refractivity contribution is -0.289. The first kappa shape index (κ1) is 41.0. The molecule has 7 aromatic carbocycles. The second kappa shape index (κ2) is 16.8. The smallest absolute Gasteiger partial charge is 0.207 e. The predicted molar refractivity (Wildman–Crippen MR) is 211 cm³/mol. The van der Waals surface area contributed by atoms with Crippen molar-refractivity contribution < 1.29 is 39.5 Å². The summed E-state index contributed by atoms with van der Waals surface area (Å²) in [4.78, 5) is 2.11. The van der Waals surface area contributed by atoms with E-state index in [-0.39, 0.29) is 0 Å². The molecule has 7 rings (SSSR count). The highest BCUT2D eigenvalue weighted by Gasteiger charge is 2.59. The maximum atomic E-state index is 13.9. The van der Waals surface area contributed by atoms with Crippen LogP contribution in [-0.2, 0) is 16.8 Å². The second-order valence-electron chi connectivity index (χ2n) is 13.6. The third-order valence-electron chi connectivity index (χ3n) is 9.78. The molecule has 0 atom stereocenters. The molecule has 0 bridgehead atoms. The Labute approximate surface area is 327 Å². The Hall–Kier alpha value is -5.68. The molecule has 0 saturated carbocycles. The highest BCUT2D eigenvalue weighted by molar-refractivity contribution is 7.97. The summed E-state index contributed by atoms with van der Waals surface area (Å²) in [7, 11) is -0.804. The van der Waals surface area contributed by atoms with Crippen LogP contribution in [0, 0.1) is 37.1 Å². The van der Waals surface area contributed by atoms with E-state index in [2.05, 4.69) is 0 Å². The van der Waals surface area contributed by atoms with Crippen molar-refractivity contribution in [3.05, 3.63) is 210 Å². The van der Waals surface area contributed by atoms with Gasteiger partial charge in [0, 0.05) is 11.6 Å². The van der Waals surface area contributed by atoms with Gasteiger partial charge in [0.1, 0.15) is 29.4 Å². The lowest BCUT2D eigenvalue weighted by Gasteiger charge is -2.44. The first-order chi connectivity index (χ1) is 27.1. The predicted octanol–water partition coefficient (Wildman–Crippen LogP) is 10.7. The zero-order valence-electron chi connectivity index (χ0n) is 30.6. The molecule has 0 radical (unpaired) electrons. The minimum atomic E-state index is -5.64. The highest BCUT2D eigenvalue weighted by Crippen LogP contribution is 2.45. The molecule has 0 nitrogen and oxygen atoms in total. The van der Waals surface area contributed by atoms with E-state index in [1.54, 1.807) is 54.6 Å². The van der Waals surface area contributed by atoms with Crippen LogP contribution in [0.25, 0.3) is 0 Å². The van der Waals surface area contributed by atoms with Crippen LogP contribution in [0.3, 0.4) is 0 Å².